The lowest BCUT2D eigenvalue weighted by atomic mass is 9.93. The Morgan fingerprint density at radius 3 is 2.44 bits per heavy atom. The second kappa shape index (κ2) is 5.39. The highest BCUT2D eigenvalue weighted by atomic mass is 16.7. The van der Waals surface area contributed by atoms with Gasteiger partial charge in [-0.3, -0.25) is 4.98 Å². The first-order valence-electron chi connectivity index (χ1n) is 5.20. The Kier molecular flexibility index (Phi) is 4.41. The molecule has 0 saturated carbocycles. The van der Waals surface area contributed by atoms with Gasteiger partial charge in [-0.25, -0.2) is 0 Å². The van der Waals surface area contributed by atoms with E-state index in [0.29, 0.717) is 6.42 Å². The number of hydrogen-bond acceptors (Lipinski definition) is 4. The lowest BCUT2D eigenvalue weighted by Crippen LogP contribution is -2.29. The van der Waals surface area contributed by atoms with Gasteiger partial charge in [0.1, 0.15) is 0 Å². The average Bonchev–Trinajstić information content (AvgIpc) is 2.26. The third-order valence-electron chi connectivity index (χ3n) is 2.62. The number of hydrogen-bond donors (Lipinski definition) is 1. The van der Waals surface area contributed by atoms with Gasteiger partial charge in [0.2, 0.25) is 0 Å². The van der Waals surface area contributed by atoms with Crippen molar-refractivity contribution in [2.24, 2.45) is 0 Å². The Morgan fingerprint density at radius 1 is 1.38 bits per heavy atom. The van der Waals surface area contributed by atoms with Crippen LogP contribution in [0.25, 0.3) is 0 Å². The van der Waals surface area contributed by atoms with Crippen LogP contribution >= 0.6 is 0 Å². The zero-order chi connectivity index (χ0) is 12.2. The topological polar surface area (TPSA) is 51.6 Å². The highest BCUT2D eigenvalue weighted by Crippen LogP contribution is 2.26. The largest absolute Gasteiger partial charge is 0.385 e. The van der Waals surface area contributed by atoms with Crippen LogP contribution in [0, 0.1) is 6.92 Å². The molecule has 4 nitrogen and oxygen atoms in total. The Hall–Kier alpha value is -0.970. The molecule has 1 N–H and O–H groups in total. The predicted molar refractivity (Wildman–Crippen MR) is 61.0 cm³/mol. The monoisotopic (exact) mass is 225 g/mol. The Balaban J connectivity index is 2.80. The number of rotatable bonds is 5. The van der Waals surface area contributed by atoms with Crippen molar-refractivity contribution in [3.63, 3.8) is 0 Å². The minimum absolute atomic E-state index is 0.366. The fourth-order valence-corrected chi connectivity index (χ4v) is 1.49. The van der Waals surface area contributed by atoms with Gasteiger partial charge in [-0.1, -0.05) is 6.07 Å². The number of ether oxygens (including phenoxy) is 2. The zero-order valence-electron chi connectivity index (χ0n) is 10.2. The van der Waals surface area contributed by atoms with Gasteiger partial charge in [0, 0.05) is 38.1 Å². The lowest BCUT2D eigenvalue weighted by Gasteiger charge is -2.27. The summed E-state index contributed by atoms with van der Waals surface area (Å²) in [6, 6.07) is 3.74. The molecule has 0 fully saturated rings. The molecule has 0 aromatic carbocycles. The van der Waals surface area contributed by atoms with Crippen LogP contribution in [0.2, 0.25) is 0 Å². The summed E-state index contributed by atoms with van der Waals surface area (Å²) >= 11 is 0. The van der Waals surface area contributed by atoms with Gasteiger partial charge in [-0.15, -0.1) is 0 Å². The van der Waals surface area contributed by atoms with E-state index in [1.165, 1.54) is 0 Å². The number of aryl methyl sites for hydroxylation is 1. The van der Waals surface area contributed by atoms with E-state index in [9.17, 15) is 5.11 Å². The molecule has 16 heavy (non-hydrogen) atoms. The summed E-state index contributed by atoms with van der Waals surface area (Å²) in [6.07, 6.45) is 1.62. The highest BCUT2D eigenvalue weighted by molar-refractivity contribution is 5.19. The van der Waals surface area contributed by atoms with Crippen LogP contribution in [0.3, 0.4) is 0 Å². The quantitative estimate of drug-likeness (QED) is 0.773. The molecular formula is C12H19NO3. The van der Waals surface area contributed by atoms with Crippen molar-refractivity contribution in [3.05, 3.63) is 29.6 Å². The normalized spacial score (nSPS) is 15.1. The summed E-state index contributed by atoms with van der Waals surface area (Å²) in [4.78, 5) is 4.16. The Morgan fingerprint density at radius 2 is 2.00 bits per heavy atom. The van der Waals surface area contributed by atoms with Crippen molar-refractivity contribution in [3.8, 4) is 0 Å². The number of aliphatic hydroxyl groups is 1. The summed E-state index contributed by atoms with van der Waals surface area (Å²) in [6.45, 7) is 3.63. The van der Waals surface area contributed by atoms with E-state index in [2.05, 4.69) is 4.98 Å². The van der Waals surface area contributed by atoms with Gasteiger partial charge in [0.05, 0.1) is 5.60 Å². The van der Waals surface area contributed by atoms with Gasteiger partial charge >= 0.3 is 0 Å². The maximum Gasteiger partial charge on any atom is 0.159 e. The van der Waals surface area contributed by atoms with Crippen LogP contribution in [0.5, 0.6) is 0 Å². The number of pyridine rings is 1. The first-order chi connectivity index (χ1) is 7.49. The zero-order valence-corrected chi connectivity index (χ0v) is 10.2. The molecule has 1 aromatic rings. The summed E-state index contributed by atoms with van der Waals surface area (Å²) in [5.41, 5.74) is 0.684. The molecule has 0 radical (unpaired) electrons. The third-order valence-corrected chi connectivity index (χ3v) is 2.62. The lowest BCUT2D eigenvalue weighted by molar-refractivity contribution is -0.142. The maximum atomic E-state index is 10.3. The Bertz CT molecular complexity index is 318. The SMILES string of the molecule is COC(CC(C)(O)c1ccc(C)nc1)OC. The average molecular weight is 225 g/mol. The van der Waals surface area contributed by atoms with Crippen LogP contribution in [-0.4, -0.2) is 30.6 Å². The van der Waals surface area contributed by atoms with Crippen molar-refractivity contribution in [1.82, 2.24) is 4.98 Å². The van der Waals surface area contributed by atoms with Crippen molar-refractivity contribution in [2.45, 2.75) is 32.2 Å². The van der Waals surface area contributed by atoms with Crippen LogP contribution in [0.1, 0.15) is 24.6 Å². The van der Waals surface area contributed by atoms with Crippen molar-refractivity contribution >= 4 is 0 Å². The molecule has 1 unspecified atom stereocenters. The molecule has 0 aliphatic heterocycles. The third kappa shape index (κ3) is 3.27. The maximum absolute atomic E-state index is 10.3. The number of methoxy groups -OCH3 is 2. The van der Waals surface area contributed by atoms with E-state index in [-0.39, 0.29) is 0 Å². The first-order valence-corrected chi connectivity index (χ1v) is 5.20. The molecular weight excluding hydrogens is 206 g/mol. The molecule has 0 bridgehead atoms. The molecule has 0 aliphatic carbocycles. The summed E-state index contributed by atoms with van der Waals surface area (Å²) < 4.78 is 10.2. The van der Waals surface area contributed by atoms with Gasteiger partial charge in [0.25, 0.3) is 0 Å². The molecule has 90 valence electrons. The van der Waals surface area contributed by atoms with Crippen LogP contribution in [0.15, 0.2) is 18.3 Å². The molecule has 0 aliphatic rings. The van der Waals surface area contributed by atoms with Gasteiger partial charge in [-0.2, -0.15) is 0 Å². The van der Waals surface area contributed by atoms with Gasteiger partial charge in [-0.05, 0) is 19.9 Å². The van der Waals surface area contributed by atoms with Crippen molar-refractivity contribution < 1.29 is 14.6 Å². The van der Waals surface area contributed by atoms with Crippen molar-refractivity contribution in [1.29, 1.82) is 0 Å². The van der Waals surface area contributed by atoms with E-state index >= 15 is 0 Å². The minimum atomic E-state index is -1.00. The van der Waals surface area contributed by atoms with Gasteiger partial charge < -0.3 is 14.6 Å². The fourth-order valence-electron chi connectivity index (χ4n) is 1.49. The molecule has 1 heterocycles. The molecule has 4 heteroatoms. The van der Waals surface area contributed by atoms with Crippen LogP contribution < -0.4 is 0 Å². The molecule has 0 spiro atoms. The van der Waals surface area contributed by atoms with Crippen LogP contribution in [0.4, 0.5) is 0 Å². The van der Waals surface area contributed by atoms with Crippen LogP contribution in [-0.2, 0) is 15.1 Å². The van der Waals surface area contributed by atoms with Gasteiger partial charge in [0.15, 0.2) is 6.29 Å². The highest BCUT2D eigenvalue weighted by Gasteiger charge is 2.27. The van der Waals surface area contributed by atoms with Crippen molar-refractivity contribution in [2.75, 3.05) is 14.2 Å². The number of nitrogens with zero attached hydrogens (tertiary/aromatic N) is 1. The second-order valence-electron chi connectivity index (χ2n) is 4.07. The molecule has 1 atom stereocenters. The molecule has 0 amide bonds. The second-order valence-corrected chi connectivity index (χ2v) is 4.07. The predicted octanol–water partition coefficient (Wildman–Crippen LogP) is 1.61. The summed E-state index contributed by atoms with van der Waals surface area (Å²) in [5, 5.41) is 10.3. The summed E-state index contributed by atoms with van der Waals surface area (Å²) in [5.74, 6) is 0. The molecule has 1 rings (SSSR count). The fraction of sp³-hybridized carbons (Fsp3) is 0.583. The van der Waals surface area contributed by atoms with E-state index in [1.54, 1.807) is 27.3 Å². The summed E-state index contributed by atoms with van der Waals surface area (Å²) in [7, 11) is 3.11. The molecule has 1 aromatic heterocycles. The van der Waals surface area contributed by atoms with E-state index in [0.717, 1.165) is 11.3 Å². The molecule has 0 saturated heterocycles. The van der Waals surface area contributed by atoms with E-state index in [4.69, 9.17) is 9.47 Å². The smallest absolute Gasteiger partial charge is 0.159 e. The Labute approximate surface area is 96.2 Å². The number of aromatic nitrogens is 1. The minimum Gasteiger partial charge on any atom is -0.385 e. The van der Waals surface area contributed by atoms with E-state index < -0.39 is 11.9 Å². The van der Waals surface area contributed by atoms with E-state index in [1.807, 2.05) is 19.1 Å². The first kappa shape index (κ1) is 13.1. The standard InChI is InChI=1S/C12H19NO3/c1-9-5-6-10(8-13-9)12(2,14)7-11(15-3)16-4/h5-6,8,11,14H,7H2,1-4H3.